The molecule has 0 unspecified atom stereocenters. The number of carbonyl (C=O) groups excluding carboxylic acids is 1. The monoisotopic (exact) mass is 428 g/mol. The standard InChI is InChI=1S/C24H32N2O3S/c1-18-10-14-23(15-11-18)30(28,29)26(21-8-6-5-7-9-21)17-24(27)25(4)22-13-12-19(2)20(3)16-22/h10-16,21H,5-9,17H2,1-4H3. The van der Waals surface area contributed by atoms with Gasteiger partial charge < -0.3 is 4.90 Å². The smallest absolute Gasteiger partial charge is 0.243 e. The number of aryl methyl sites for hydroxylation is 3. The first-order valence-corrected chi connectivity index (χ1v) is 12.1. The van der Waals surface area contributed by atoms with E-state index in [0.717, 1.165) is 54.5 Å². The van der Waals surface area contributed by atoms with Crippen LogP contribution < -0.4 is 4.90 Å². The van der Waals surface area contributed by atoms with Crippen molar-refractivity contribution in [2.75, 3.05) is 18.5 Å². The first-order valence-electron chi connectivity index (χ1n) is 10.6. The average molecular weight is 429 g/mol. The van der Waals surface area contributed by atoms with Crippen molar-refractivity contribution in [3.05, 3.63) is 59.2 Å². The summed E-state index contributed by atoms with van der Waals surface area (Å²) in [5.74, 6) is -0.223. The number of likely N-dealkylation sites (N-methyl/N-ethyl adjacent to an activating group) is 1. The van der Waals surface area contributed by atoms with Gasteiger partial charge in [0.1, 0.15) is 0 Å². The third-order valence-corrected chi connectivity index (χ3v) is 8.07. The SMILES string of the molecule is Cc1ccc(S(=O)(=O)N(CC(=O)N(C)c2ccc(C)c(C)c2)C2CCCCC2)cc1. The molecule has 3 rings (SSSR count). The Morgan fingerprint density at radius 1 is 0.933 bits per heavy atom. The lowest BCUT2D eigenvalue weighted by Gasteiger charge is -2.34. The van der Waals surface area contributed by atoms with E-state index in [1.165, 1.54) is 4.31 Å². The molecule has 0 bridgehead atoms. The molecule has 0 saturated heterocycles. The largest absolute Gasteiger partial charge is 0.314 e. The summed E-state index contributed by atoms with van der Waals surface area (Å²) in [5, 5.41) is 0. The van der Waals surface area contributed by atoms with Crippen molar-refractivity contribution in [3.63, 3.8) is 0 Å². The van der Waals surface area contributed by atoms with Crippen LogP contribution in [-0.4, -0.2) is 38.3 Å². The lowest BCUT2D eigenvalue weighted by molar-refractivity contribution is -0.119. The van der Waals surface area contributed by atoms with Crippen molar-refractivity contribution in [2.45, 2.75) is 63.8 Å². The van der Waals surface area contributed by atoms with Gasteiger partial charge in [-0.25, -0.2) is 8.42 Å². The minimum atomic E-state index is -3.76. The second kappa shape index (κ2) is 9.31. The molecule has 1 amide bonds. The van der Waals surface area contributed by atoms with Crippen LogP contribution in [0.5, 0.6) is 0 Å². The number of sulfonamides is 1. The Morgan fingerprint density at radius 3 is 2.17 bits per heavy atom. The van der Waals surface area contributed by atoms with Crippen LogP contribution >= 0.6 is 0 Å². The zero-order valence-electron chi connectivity index (χ0n) is 18.4. The van der Waals surface area contributed by atoms with Gasteiger partial charge >= 0.3 is 0 Å². The molecule has 0 atom stereocenters. The van der Waals surface area contributed by atoms with Crippen molar-refractivity contribution in [1.82, 2.24) is 4.31 Å². The fourth-order valence-electron chi connectivity index (χ4n) is 3.94. The minimum Gasteiger partial charge on any atom is -0.314 e. The predicted molar refractivity (Wildman–Crippen MR) is 121 cm³/mol. The van der Waals surface area contributed by atoms with Gasteiger partial charge in [0.25, 0.3) is 0 Å². The van der Waals surface area contributed by atoms with Crippen LogP contribution in [0.3, 0.4) is 0 Å². The van der Waals surface area contributed by atoms with Crippen molar-refractivity contribution in [3.8, 4) is 0 Å². The molecule has 1 fully saturated rings. The maximum absolute atomic E-state index is 13.5. The quantitative estimate of drug-likeness (QED) is 0.676. The summed E-state index contributed by atoms with van der Waals surface area (Å²) in [7, 11) is -2.04. The maximum Gasteiger partial charge on any atom is 0.243 e. The Bertz CT molecular complexity index is 994. The predicted octanol–water partition coefficient (Wildman–Crippen LogP) is 4.60. The molecule has 1 saturated carbocycles. The molecule has 0 spiro atoms. The van der Waals surface area contributed by atoms with Crippen LogP contribution in [0.15, 0.2) is 47.4 Å². The number of hydrogen-bond donors (Lipinski definition) is 0. The molecular weight excluding hydrogens is 396 g/mol. The maximum atomic E-state index is 13.5. The third-order valence-electron chi connectivity index (χ3n) is 6.15. The van der Waals surface area contributed by atoms with Crippen LogP contribution in [0.4, 0.5) is 5.69 Å². The Labute approximate surface area is 180 Å². The summed E-state index contributed by atoms with van der Waals surface area (Å²) in [6, 6.07) is 12.6. The second-order valence-electron chi connectivity index (χ2n) is 8.38. The molecule has 2 aromatic rings. The van der Waals surface area contributed by atoms with Gasteiger partial charge in [-0.3, -0.25) is 4.79 Å². The van der Waals surface area contributed by atoms with Crippen LogP contribution in [0.1, 0.15) is 48.8 Å². The normalized spacial score (nSPS) is 15.4. The molecule has 0 radical (unpaired) electrons. The van der Waals surface area contributed by atoms with Crippen LogP contribution in [-0.2, 0) is 14.8 Å². The highest BCUT2D eigenvalue weighted by Crippen LogP contribution is 2.28. The number of rotatable bonds is 6. The average Bonchev–Trinajstić information content (AvgIpc) is 2.74. The van der Waals surface area contributed by atoms with Gasteiger partial charge in [-0.05, 0) is 69.0 Å². The number of nitrogens with zero attached hydrogens (tertiary/aromatic N) is 2. The molecule has 5 nitrogen and oxygen atoms in total. The molecule has 0 aliphatic heterocycles. The van der Waals surface area contributed by atoms with Gasteiger partial charge in [-0.15, -0.1) is 0 Å². The topological polar surface area (TPSA) is 57.7 Å². The van der Waals surface area contributed by atoms with E-state index in [1.807, 2.05) is 39.0 Å². The van der Waals surface area contributed by atoms with Crippen molar-refractivity contribution < 1.29 is 13.2 Å². The van der Waals surface area contributed by atoms with E-state index in [4.69, 9.17) is 0 Å². The molecule has 0 heterocycles. The Hall–Kier alpha value is -2.18. The van der Waals surface area contributed by atoms with E-state index < -0.39 is 10.0 Å². The summed E-state index contributed by atoms with van der Waals surface area (Å²) in [6.07, 6.45) is 4.69. The lowest BCUT2D eigenvalue weighted by Crippen LogP contribution is -2.47. The summed E-state index contributed by atoms with van der Waals surface area (Å²) < 4.78 is 28.4. The highest BCUT2D eigenvalue weighted by molar-refractivity contribution is 7.89. The fraction of sp³-hybridized carbons (Fsp3) is 0.458. The third kappa shape index (κ3) is 4.93. The van der Waals surface area contributed by atoms with E-state index in [0.29, 0.717) is 0 Å². The highest BCUT2D eigenvalue weighted by Gasteiger charge is 2.34. The van der Waals surface area contributed by atoms with E-state index in [2.05, 4.69) is 0 Å². The molecule has 162 valence electrons. The highest BCUT2D eigenvalue weighted by atomic mass is 32.2. The number of carbonyl (C=O) groups is 1. The van der Waals surface area contributed by atoms with Gasteiger partial charge in [-0.1, -0.05) is 43.0 Å². The molecule has 2 aromatic carbocycles. The molecule has 30 heavy (non-hydrogen) atoms. The zero-order chi connectivity index (χ0) is 21.9. The minimum absolute atomic E-state index is 0.137. The van der Waals surface area contributed by atoms with E-state index in [1.54, 1.807) is 36.2 Å². The van der Waals surface area contributed by atoms with Gasteiger partial charge in [0, 0.05) is 18.8 Å². The first-order chi connectivity index (χ1) is 14.2. The number of amides is 1. The zero-order valence-corrected chi connectivity index (χ0v) is 19.2. The van der Waals surface area contributed by atoms with Crippen LogP contribution in [0.25, 0.3) is 0 Å². The Morgan fingerprint density at radius 2 is 1.57 bits per heavy atom. The summed E-state index contributed by atoms with van der Waals surface area (Å²) in [4.78, 5) is 15.0. The first kappa shape index (κ1) is 22.5. The molecular formula is C24H32N2O3S. The van der Waals surface area contributed by atoms with Gasteiger partial charge in [0.05, 0.1) is 11.4 Å². The second-order valence-corrected chi connectivity index (χ2v) is 10.3. The molecule has 1 aliphatic carbocycles. The van der Waals surface area contributed by atoms with Crippen molar-refractivity contribution >= 4 is 21.6 Å². The Balaban J connectivity index is 1.89. The molecule has 0 N–H and O–H groups in total. The van der Waals surface area contributed by atoms with Gasteiger partial charge in [-0.2, -0.15) is 4.31 Å². The van der Waals surface area contributed by atoms with E-state index in [-0.39, 0.29) is 23.4 Å². The number of anilines is 1. The molecule has 1 aliphatic rings. The van der Waals surface area contributed by atoms with E-state index in [9.17, 15) is 13.2 Å². The number of benzene rings is 2. The van der Waals surface area contributed by atoms with Crippen molar-refractivity contribution in [2.24, 2.45) is 0 Å². The molecule has 6 heteroatoms. The van der Waals surface area contributed by atoms with Crippen LogP contribution in [0.2, 0.25) is 0 Å². The van der Waals surface area contributed by atoms with Gasteiger partial charge in [0.15, 0.2) is 0 Å². The lowest BCUT2D eigenvalue weighted by atomic mass is 9.95. The summed E-state index contributed by atoms with van der Waals surface area (Å²) in [6.45, 7) is 5.81. The fourth-order valence-corrected chi connectivity index (χ4v) is 5.58. The van der Waals surface area contributed by atoms with Crippen molar-refractivity contribution in [1.29, 1.82) is 0 Å². The van der Waals surface area contributed by atoms with Crippen LogP contribution in [0, 0.1) is 20.8 Å². The Kier molecular flexibility index (Phi) is 6.98. The molecule has 0 aromatic heterocycles. The number of hydrogen-bond acceptors (Lipinski definition) is 3. The van der Waals surface area contributed by atoms with Gasteiger partial charge in [0.2, 0.25) is 15.9 Å². The summed E-state index contributed by atoms with van der Waals surface area (Å²) in [5.41, 5.74) is 4.04. The van der Waals surface area contributed by atoms with E-state index >= 15 is 0 Å². The summed E-state index contributed by atoms with van der Waals surface area (Å²) >= 11 is 0.